The normalized spacial score (nSPS) is 22.5. The molecule has 0 spiro atoms. The minimum Gasteiger partial charge on any atom is -0.294 e. The summed E-state index contributed by atoms with van der Waals surface area (Å²) in [6.07, 6.45) is 5.11. The maximum atomic E-state index is 6.04. The summed E-state index contributed by atoms with van der Waals surface area (Å²) in [4.78, 5) is 5.55. The molecule has 0 amide bonds. The summed E-state index contributed by atoms with van der Waals surface area (Å²) in [6, 6.07) is 5.14. The SMILES string of the molecule is CCc1ccc(CN2CCCCC2CCl)s1. The molecule has 2 heterocycles. The molecule has 1 nitrogen and oxygen atoms in total. The van der Waals surface area contributed by atoms with E-state index in [0.29, 0.717) is 6.04 Å². The van der Waals surface area contributed by atoms with E-state index in [0.717, 1.165) is 18.8 Å². The fourth-order valence-electron chi connectivity index (χ4n) is 2.34. The monoisotopic (exact) mass is 257 g/mol. The molecule has 2 rings (SSSR count). The largest absolute Gasteiger partial charge is 0.294 e. The molecule has 0 aliphatic carbocycles. The zero-order valence-corrected chi connectivity index (χ0v) is 11.5. The van der Waals surface area contributed by atoms with Gasteiger partial charge in [0.05, 0.1) is 0 Å². The third-order valence-electron chi connectivity index (χ3n) is 3.35. The third kappa shape index (κ3) is 2.99. The second-order valence-electron chi connectivity index (χ2n) is 4.50. The number of aryl methyl sites for hydroxylation is 1. The van der Waals surface area contributed by atoms with Crippen LogP contribution in [0.3, 0.4) is 0 Å². The Morgan fingerprint density at radius 3 is 2.88 bits per heavy atom. The number of rotatable bonds is 4. The van der Waals surface area contributed by atoms with Crippen molar-refractivity contribution in [3.8, 4) is 0 Å². The zero-order chi connectivity index (χ0) is 11.4. The molecule has 1 aromatic heterocycles. The number of hydrogen-bond donors (Lipinski definition) is 0. The number of halogens is 1. The Morgan fingerprint density at radius 2 is 2.19 bits per heavy atom. The maximum Gasteiger partial charge on any atom is 0.0379 e. The number of thiophene rings is 1. The minimum atomic E-state index is 0.600. The van der Waals surface area contributed by atoms with Crippen LogP contribution in [0.4, 0.5) is 0 Å². The van der Waals surface area contributed by atoms with Gasteiger partial charge in [-0.1, -0.05) is 13.3 Å². The number of piperidine rings is 1. The molecule has 1 fully saturated rings. The molecule has 1 aromatic rings. The molecular formula is C13H20ClNS. The lowest BCUT2D eigenvalue weighted by atomic mass is 10.0. The molecule has 1 unspecified atom stereocenters. The van der Waals surface area contributed by atoms with Gasteiger partial charge in [0.25, 0.3) is 0 Å². The van der Waals surface area contributed by atoms with Crippen LogP contribution in [0.25, 0.3) is 0 Å². The van der Waals surface area contributed by atoms with Crippen molar-refractivity contribution < 1.29 is 0 Å². The summed E-state index contributed by atoms with van der Waals surface area (Å²) in [5.74, 6) is 0.784. The van der Waals surface area contributed by atoms with Gasteiger partial charge in [-0.25, -0.2) is 0 Å². The van der Waals surface area contributed by atoms with Crippen LogP contribution < -0.4 is 0 Å². The Kier molecular flexibility index (Phi) is 4.68. The van der Waals surface area contributed by atoms with Crippen molar-refractivity contribution in [3.05, 3.63) is 21.9 Å². The zero-order valence-electron chi connectivity index (χ0n) is 9.92. The summed E-state index contributed by atoms with van der Waals surface area (Å²) in [5.41, 5.74) is 0. The fourth-order valence-corrected chi connectivity index (χ4v) is 3.67. The van der Waals surface area contributed by atoms with Crippen molar-refractivity contribution >= 4 is 22.9 Å². The van der Waals surface area contributed by atoms with E-state index in [4.69, 9.17) is 11.6 Å². The first-order chi connectivity index (χ1) is 7.83. The second-order valence-corrected chi connectivity index (χ2v) is 6.06. The van der Waals surface area contributed by atoms with E-state index in [1.165, 1.54) is 35.6 Å². The first-order valence-corrected chi connectivity index (χ1v) is 7.56. The van der Waals surface area contributed by atoms with E-state index in [2.05, 4.69) is 24.0 Å². The first kappa shape index (κ1) is 12.4. The van der Waals surface area contributed by atoms with Gasteiger partial charge >= 0.3 is 0 Å². The van der Waals surface area contributed by atoms with Crippen LogP contribution in [0, 0.1) is 0 Å². The summed E-state index contributed by atoms with van der Waals surface area (Å²) in [6.45, 7) is 4.54. The predicted octanol–water partition coefficient (Wildman–Crippen LogP) is 3.90. The van der Waals surface area contributed by atoms with Crippen molar-refractivity contribution in [1.82, 2.24) is 4.90 Å². The molecular weight excluding hydrogens is 238 g/mol. The molecule has 1 aliphatic rings. The average molecular weight is 258 g/mol. The highest BCUT2D eigenvalue weighted by Gasteiger charge is 2.21. The van der Waals surface area contributed by atoms with Gasteiger partial charge in [0.2, 0.25) is 0 Å². The molecule has 1 saturated heterocycles. The lowest BCUT2D eigenvalue weighted by Crippen LogP contribution is -2.39. The minimum absolute atomic E-state index is 0.600. The highest BCUT2D eigenvalue weighted by molar-refractivity contribution is 7.11. The Hall–Kier alpha value is -0.0500. The van der Waals surface area contributed by atoms with Gasteiger partial charge in [0.1, 0.15) is 0 Å². The molecule has 0 saturated carbocycles. The van der Waals surface area contributed by atoms with Crippen molar-refractivity contribution in [2.24, 2.45) is 0 Å². The maximum absolute atomic E-state index is 6.04. The number of alkyl halides is 1. The van der Waals surface area contributed by atoms with Crippen molar-refractivity contribution in [1.29, 1.82) is 0 Å². The molecule has 0 N–H and O–H groups in total. The molecule has 0 radical (unpaired) electrons. The van der Waals surface area contributed by atoms with E-state index in [9.17, 15) is 0 Å². The standard InChI is InChI=1S/C13H20ClNS/c1-2-12-6-7-13(16-12)10-15-8-4-3-5-11(15)9-14/h6-7,11H,2-5,8-10H2,1H3. The molecule has 0 bridgehead atoms. The molecule has 16 heavy (non-hydrogen) atoms. The van der Waals surface area contributed by atoms with Crippen molar-refractivity contribution in [3.63, 3.8) is 0 Å². The Bertz CT molecular complexity index is 323. The van der Waals surface area contributed by atoms with Crippen LogP contribution in [0.2, 0.25) is 0 Å². The summed E-state index contributed by atoms with van der Waals surface area (Å²) < 4.78 is 0. The molecule has 1 atom stereocenters. The summed E-state index contributed by atoms with van der Waals surface area (Å²) >= 11 is 7.99. The Balaban J connectivity index is 1.96. The van der Waals surface area contributed by atoms with Gasteiger partial charge in [-0.3, -0.25) is 4.90 Å². The summed E-state index contributed by atoms with van der Waals surface area (Å²) in [7, 11) is 0. The molecule has 3 heteroatoms. The Labute approximate surface area is 107 Å². The van der Waals surface area contributed by atoms with Gasteiger partial charge in [-0.2, -0.15) is 0 Å². The van der Waals surface area contributed by atoms with Crippen molar-refractivity contribution in [2.75, 3.05) is 12.4 Å². The van der Waals surface area contributed by atoms with Gasteiger partial charge in [-0.15, -0.1) is 22.9 Å². The van der Waals surface area contributed by atoms with Crippen LogP contribution in [0.1, 0.15) is 35.9 Å². The van der Waals surface area contributed by atoms with Crippen LogP contribution >= 0.6 is 22.9 Å². The van der Waals surface area contributed by atoms with Crippen LogP contribution in [-0.4, -0.2) is 23.4 Å². The highest BCUT2D eigenvalue weighted by atomic mass is 35.5. The molecule has 90 valence electrons. The topological polar surface area (TPSA) is 3.24 Å². The number of likely N-dealkylation sites (tertiary alicyclic amines) is 1. The van der Waals surface area contributed by atoms with Gasteiger partial charge < -0.3 is 0 Å². The van der Waals surface area contributed by atoms with Gasteiger partial charge in [-0.05, 0) is 37.9 Å². The smallest absolute Gasteiger partial charge is 0.0379 e. The lowest BCUT2D eigenvalue weighted by Gasteiger charge is -2.34. The van der Waals surface area contributed by atoms with Crippen LogP contribution in [0.15, 0.2) is 12.1 Å². The third-order valence-corrected chi connectivity index (χ3v) is 4.92. The predicted molar refractivity (Wildman–Crippen MR) is 72.5 cm³/mol. The summed E-state index contributed by atoms with van der Waals surface area (Å²) in [5, 5.41) is 0. The molecule has 1 aliphatic heterocycles. The van der Waals surface area contributed by atoms with Gasteiger partial charge in [0, 0.05) is 28.2 Å². The van der Waals surface area contributed by atoms with Gasteiger partial charge in [0.15, 0.2) is 0 Å². The van der Waals surface area contributed by atoms with E-state index >= 15 is 0 Å². The fraction of sp³-hybridized carbons (Fsp3) is 0.692. The van der Waals surface area contributed by atoms with Crippen molar-refractivity contribution in [2.45, 2.75) is 45.2 Å². The number of hydrogen-bond acceptors (Lipinski definition) is 2. The van der Waals surface area contributed by atoms with E-state index < -0.39 is 0 Å². The first-order valence-electron chi connectivity index (χ1n) is 6.21. The molecule has 0 aromatic carbocycles. The van der Waals surface area contributed by atoms with Crippen LogP contribution in [0.5, 0.6) is 0 Å². The van der Waals surface area contributed by atoms with E-state index in [1.54, 1.807) is 0 Å². The average Bonchev–Trinajstić information content (AvgIpc) is 2.77. The Morgan fingerprint density at radius 1 is 1.38 bits per heavy atom. The second kappa shape index (κ2) is 6.04. The van der Waals surface area contributed by atoms with Crippen LogP contribution in [-0.2, 0) is 13.0 Å². The number of nitrogens with zero attached hydrogens (tertiary/aromatic N) is 1. The highest BCUT2D eigenvalue weighted by Crippen LogP contribution is 2.24. The van der Waals surface area contributed by atoms with E-state index in [-0.39, 0.29) is 0 Å². The van der Waals surface area contributed by atoms with E-state index in [1.807, 2.05) is 11.3 Å². The quantitative estimate of drug-likeness (QED) is 0.740. The lowest BCUT2D eigenvalue weighted by molar-refractivity contribution is 0.156.